The Kier molecular flexibility index (Phi) is 4.77. The van der Waals surface area contributed by atoms with E-state index in [0.717, 1.165) is 30.6 Å². The van der Waals surface area contributed by atoms with Crippen LogP contribution in [-0.4, -0.2) is 25.0 Å². The summed E-state index contributed by atoms with van der Waals surface area (Å²) in [5.74, 6) is 0.0346. The summed E-state index contributed by atoms with van der Waals surface area (Å²) in [6, 6.07) is 7.96. The van der Waals surface area contributed by atoms with Crippen LogP contribution in [0.2, 0.25) is 0 Å². The fourth-order valence-electron chi connectivity index (χ4n) is 1.83. The minimum Gasteiger partial charge on any atom is -0.348 e. The number of halogens is 1. The Bertz CT molecular complexity index is 362. The lowest BCUT2D eigenvalue weighted by molar-refractivity contribution is 0.0940. The maximum atomic E-state index is 11.8. The summed E-state index contributed by atoms with van der Waals surface area (Å²) in [5, 5.41) is 6.25. The molecule has 16 heavy (non-hydrogen) atoms. The van der Waals surface area contributed by atoms with Crippen LogP contribution in [0, 0.1) is 6.92 Å². The molecular weight excluding hydrogens is 224 g/mol. The fraction of sp³-hybridized carbons (Fsp3) is 0.417. The molecule has 1 aliphatic heterocycles. The topological polar surface area (TPSA) is 41.1 Å². The smallest absolute Gasteiger partial charge is 0.251 e. The van der Waals surface area contributed by atoms with Crippen molar-refractivity contribution in [1.82, 2.24) is 10.6 Å². The van der Waals surface area contributed by atoms with Gasteiger partial charge in [0.25, 0.3) is 5.91 Å². The molecule has 4 heteroatoms. The van der Waals surface area contributed by atoms with Crippen LogP contribution in [0.5, 0.6) is 0 Å². The van der Waals surface area contributed by atoms with E-state index in [-0.39, 0.29) is 24.4 Å². The van der Waals surface area contributed by atoms with Gasteiger partial charge in [0.15, 0.2) is 0 Å². The third-order valence-corrected chi connectivity index (χ3v) is 2.68. The van der Waals surface area contributed by atoms with E-state index in [9.17, 15) is 4.79 Å². The first kappa shape index (κ1) is 13.0. The molecular formula is C12H17ClN2O. The predicted octanol–water partition coefficient (Wildman–Crippen LogP) is 1.51. The van der Waals surface area contributed by atoms with Crippen LogP contribution in [0.3, 0.4) is 0 Å². The first-order valence-electron chi connectivity index (χ1n) is 5.34. The molecule has 0 bridgehead atoms. The molecule has 1 unspecified atom stereocenters. The second-order valence-corrected chi connectivity index (χ2v) is 4.03. The van der Waals surface area contributed by atoms with E-state index in [4.69, 9.17) is 0 Å². The molecule has 0 aromatic heterocycles. The highest BCUT2D eigenvalue weighted by atomic mass is 35.5. The van der Waals surface area contributed by atoms with Crippen molar-refractivity contribution in [2.24, 2.45) is 0 Å². The summed E-state index contributed by atoms with van der Waals surface area (Å²) < 4.78 is 0. The summed E-state index contributed by atoms with van der Waals surface area (Å²) in [4.78, 5) is 11.8. The summed E-state index contributed by atoms with van der Waals surface area (Å²) in [5.41, 5.74) is 1.87. The largest absolute Gasteiger partial charge is 0.348 e. The van der Waals surface area contributed by atoms with Crippen molar-refractivity contribution in [3.8, 4) is 0 Å². The third kappa shape index (κ3) is 3.22. The Balaban J connectivity index is 0.00000128. The van der Waals surface area contributed by atoms with E-state index in [0.29, 0.717) is 0 Å². The average Bonchev–Trinajstić information content (AvgIpc) is 2.70. The normalized spacial score (nSPS) is 18.9. The Morgan fingerprint density at radius 1 is 1.50 bits per heavy atom. The molecule has 1 aromatic rings. The van der Waals surface area contributed by atoms with Gasteiger partial charge in [-0.1, -0.05) is 17.7 Å². The highest BCUT2D eigenvalue weighted by Gasteiger charge is 2.17. The van der Waals surface area contributed by atoms with Crippen molar-refractivity contribution >= 4 is 18.3 Å². The van der Waals surface area contributed by atoms with Gasteiger partial charge in [-0.05, 0) is 32.0 Å². The van der Waals surface area contributed by atoms with Crippen LogP contribution >= 0.6 is 12.4 Å². The Hall–Kier alpha value is -1.06. The minimum absolute atomic E-state index is 0. The molecule has 2 N–H and O–H groups in total. The molecule has 2 rings (SSSR count). The second kappa shape index (κ2) is 5.87. The number of amides is 1. The van der Waals surface area contributed by atoms with Gasteiger partial charge in [0.2, 0.25) is 0 Å². The van der Waals surface area contributed by atoms with Crippen molar-refractivity contribution in [3.05, 3.63) is 35.4 Å². The fourth-order valence-corrected chi connectivity index (χ4v) is 1.83. The lowest BCUT2D eigenvalue weighted by Crippen LogP contribution is -2.36. The zero-order valence-electron chi connectivity index (χ0n) is 9.32. The van der Waals surface area contributed by atoms with E-state index in [1.54, 1.807) is 0 Å². The standard InChI is InChI=1S/C12H16N2O.ClH/c1-9-3-2-4-10(7-9)12(15)14-11-5-6-13-8-11;/h2-4,7,11,13H,5-6,8H2,1H3,(H,14,15);1H. The molecule has 1 atom stereocenters. The van der Waals surface area contributed by atoms with Gasteiger partial charge in [0.1, 0.15) is 0 Å². The summed E-state index contributed by atoms with van der Waals surface area (Å²) in [7, 11) is 0. The Morgan fingerprint density at radius 3 is 2.94 bits per heavy atom. The molecule has 1 fully saturated rings. The first-order valence-corrected chi connectivity index (χ1v) is 5.34. The zero-order chi connectivity index (χ0) is 10.7. The number of nitrogens with one attached hydrogen (secondary N) is 2. The number of carbonyl (C=O) groups is 1. The quantitative estimate of drug-likeness (QED) is 0.823. The number of hydrogen-bond donors (Lipinski definition) is 2. The third-order valence-electron chi connectivity index (χ3n) is 2.68. The van der Waals surface area contributed by atoms with Gasteiger partial charge in [-0.2, -0.15) is 0 Å². The Labute approximate surface area is 102 Å². The minimum atomic E-state index is 0. The monoisotopic (exact) mass is 240 g/mol. The van der Waals surface area contributed by atoms with E-state index in [1.807, 2.05) is 31.2 Å². The lowest BCUT2D eigenvalue weighted by atomic mass is 10.1. The molecule has 1 amide bonds. The molecule has 1 aromatic carbocycles. The van der Waals surface area contributed by atoms with Crippen molar-refractivity contribution in [2.75, 3.05) is 13.1 Å². The van der Waals surface area contributed by atoms with Gasteiger partial charge < -0.3 is 10.6 Å². The summed E-state index contributed by atoms with van der Waals surface area (Å²) >= 11 is 0. The molecule has 3 nitrogen and oxygen atoms in total. The summed E-state index contributed by atoms with van der Waals surface area (Å²) in [6.07, 6.45) is 1.03. The molecule has 0 spiro atoms. The number of benzene rings is 1. The number of aryl methyl sites for hydroxylation is 1. The van der Waals surface area contributed by atoms with Crippen LogP contribution in [0.4, 0.5) is 0 Å². The highest BCUT2D eigenvalue weighted by molar-refractivity contribution is 5.94. The van der Waals surface area contributed by atoms with E-state index in [1.165, 1.54) is 0 Å². The van der Waals surface area contributed by atoms with Gasteiger partial charge in [-0.15, -0.1) is 12.4 Å². The van der Waals surface area contributed by atoms with Crippen LogP contribution in [0.15, 0.2) is 24.3 Å². The van der Waals surface area contributed by atoms with Gasteiger partial charge in [0.05, 0.1) is 0 Å². The first-order chi connectivity index (χ1) is 7.25. The molecule has 0 radical (unpaired) electrons. The van der Waals surface area contributed by atoms with Crippen molar-refractivity contribution < 1.29 is 4.79 Å². The molecule has 1 saturated heterocycles. The number of carbonyl (C=O) groups excluding carboxylic acids is 1. The average molecular weight is 241 g/mol. The molecule has 0 aliphatic carbocycles. The van der Waals surface area contributed by atoms with Gasteiger partial charge in [-0.25, -0.2) is 0 Å². The van der Waals surface area contributed by atoms with E-state index >= 15 is 0 Å². The highest BCUT2D eigenvalue weighted by Crippen LogP contribution is 2.05. The van der Waals surface area contributed by atoms with Gasteiger partial charge >= 0.3 is 0 Å². The van der Waals surface area contributed by atoms with Crippen LogP contribution in [-0.2, 0) is 0 Å². The number of rotatable bonds is 2. The SMILES string of the molecule is Cc1cccc(C(=O)NC2CCNC2)c1.Cl. The maximum absolute atomic E-state index is 11.8. The zero-order valence-corrected chi connectivity index (χ0v) is 10.1. The molecule has 88 valence electrons. The predicted molar refractivity (Wildman–Crippen MR) is 67.2 cm³/mol. The van der Waals surface area contributed by atoms with E-state index in [2.05, 4.69) is 10.6 Å². The number of hydrogen-bond acceptors (Lipinski definition) is 2. The summed E-state index contributed by atoms with van der Waals surface area (Å²) in [6.45, 7) is 3.88. The van der Waals surface area contributed by atoms with Gasteiger partial charge in [0, 0.05) is 18.2 Å². The van der Waals surface area contributed by atoms with Crippen molar-refractivity contribution in [2.45, 2.75) is 19.4 Å². The molecule has 1 aliphatic rings. The van der Waals surface area contributed by atoms with Crippen LogP contribution in [0.1, 0.15) is 22.3 Å². The second-order valence-electron chi connectivity index (χ2n) is 4.03. The van der Waals surface area contributed by atoms with Crippen molar-refractivity contribution in [3.63, 3.8) is 0 Å². The lowest BCUT2D eigenvalue weighted by Gasteiger charge is -2.11. The van der Waals surface area contributed by atoms with Crippen LogP contribution in [0.25, 0.3) is 0 Å². The van der Waals surface area contributed by atoms with Crippen molar-refractivity contribution in [1.29, 1.82) is 0 Å². The van der Waals surface area contributed by atoms with Gasteiger partial charge in [-0.3, -0.25) is 4.79 Å². The molecule has 0 saturated carbocycles. The maximum Gasteiger partial charge on any atom is 0.251 e. The Morgan fingerprint density at radius 2 is 2.31 bits per heavy atom. The van der Waals surface area contributed by atoms with Crippen LogP contribution < -0.4 is 10.6 Å². The molecule has 1 heterocycles. The van der Waals surface area contributed by atoms with E-state index < -0.39 is 0 Å².